The van der Waals surface area contributed by atoms with Gasteiger partial charge in [0.15, 0.2) is 0 Å². The summed E-state index contributed by atoms with van der Waals surface area (Å²) in [5, 5.41) is 7.04. The fourth-order valence-corrected chi connectivity index (χ4v) is 7.88. The first-order chi connectivity index (χ1) is 25.1. The maximum Gasteiger partial charge on any atom is 0.146 e. The van der Waals surface area contributed by atoms with Gasteiger partial charge in [0.2, 0.25) is 0 Å². The van der Waals surface area contributed by atoms with Gasteiger partial charge in [0, 0.05) is 32.8 Å². The van der Waals surface area contributed by atoms with Gasteiger partial charge in [-0.3, -0.25) is 8.97 Å². The van der Waals surface area contributed by atoms with E-state index in [2.05, 4.69) is 163 Å². The van der Waals surface area contributed by atoms with Gasteiger partial charge in [-0.2, -0.15) is 0 Å². The molecule has 0 aliphatic heterocycles. The third-order valence-electron chi connectivity index (χ3n) is 10.1. The Morgan fingerprint density at radius 1 is 0.647 bits per heavy atom. The number of fused-ring (bicyclic) bond motifs is 8. The Morgan fingerprint density at radius 3 is 2.10 bits per heavy atom. The molecule has 9 rings (SSSR count). The van der Waals surface area contributed by atoms with E-state index in [0.717, 1.165) is 84.4 Å². The highest BCUT2D eigenvalue weighted by molar-refractivity contribution is 6.08. The van der Waals surface area contributed by atoms with Gasteiger partial charge in [-0.05, 0) is 76.9 Å². The van der Waals surface area contributed by atoms with Gasteiger partial charge in [-0.1, -0.05) is 129 Å². The number of pyridine rings is 1. The minimum Gasteiger partial charge on any atom is -0.292 e. The van der Waals surface area contributed by atoms with E-state index in [-0.39, 0.29) is 0 Å². The number of hydrogen-bond acceptors (Lipinski definition) is 2. The summed E-state index contributed by atoms with van der Waals surface area (Å²) in [6.45, 7) is 12.6. The zero-order valence-electron chi connectivity index (χ0n) is 28.8. The van der Waals surface area contributed by atoms with E-state index >= 15 is 0 Å². The molecule has 0 atom stereocenters. The number of benzene rings is 6. The van der Waals surface area contributed by atoms with E-state index in [4.69, 9.17) is 9.97 Å². The molecule has 0 aliphatic rings. The summed E-state index contributed by atoms with van der Waals surface area (Å²) in [5.41, 5.74) is 11.5. The highest BCUT2D eigenvalue weighted by Crippen LogP contribution is 2.36. The van der Waals surface area contributed by atoms with Crippen molar-refractivity contribution in [3.63, 3.8) is 0 Å². The molecule has 0 unspecified atom stereocenters. The van der Waals surface area contributed by atoms with Gasteiger partial charge in [-0.15, -0.1) is 0 Å². The van der Waals surface area contributed by atoms with Crippen LogP contribution in [0.15, 0.2) is 134 Å². The van der Waals surface area contributed by atoms with Crippen molar-refractivity contribution in [2.24, 2.45) is 0 Å². The van der Waals surface area contributed by atoms with Crippen molar-refractivity contribution in [3.8, 4) is 28.2 Å². The molecular weight excluding hydrogens is 621 g/mol. The van der Waals surface area contributed by atoms with Crippen LogP contribution in [0, 0.1) is 0 Å². The summed E-state index contributed by atoms with van der Waals surface area (Å²) >= 11 is 0. The Labute approximate surface area is 296 Å². The summed E-state index contributed by atoms with van der Waals surface area (Å²) in [6, 6.07) is 43.0. The lowest BCUT2D eigenvalue weighted by Crippen LogP contribution is -2.26. The maximum absolute atomic E-state index is 5.45. The number of nitrogens with zero attached hydrogens (tertiary/aromatic N) is 4. The third kappa shape index (κ3) is 4.60. The van der Waals surface area contributed by atoms with Crippen LogP contribution < -0.4 is 10.4 Å². The number of imidazole rings is 2. The lowest BCUT2D eigenvalue weighted by atomic mass is 9.97. The van der Waals surface area contributed by atoms with E-state index in [0.29, 0.717) is 0 Å². The minimum atomic E-state index is 0.914. The zero-order chi connectivity index (χ0) is 34.6. The van der Waals surface area contributed by atoms with E-state index < -0.39 is 0 Å². The molecule has 0 N–H and O–H groups in total. The second-order valence-corrected chi connectivity index (χ2v) is 12.9. The molecule has 0 saturated heterocycles. The Hall–Kier alpha value is -6.52. The maximum atomic E-state index is 5.45. The molecule has 0 bridgehead atoms. The molecule has 51 heavy (non-hydrogen) atoms. The summed E-state index contributed by atoms with van der Waals surface area (Å²) in [5.74, 6) is 0.920. The largest absolute Gasteiger partial charge is 0.292 e. The second kappa shape index (κ2) is 12.1. The fraction of sp³-hybridized carbons (Fsp3) is 0.0638. The van der Waals surface area contributed by atoms with E-state index in [1.54, 1.807) is 0 Å². The summed E-state index contributed by atoms with van der Waals surface area (Å²) in [6.07, 6.45) is 9.29. The van der Waals surface area contributed by atoms with Gasteiger partial charge in [0.1, 0.15) is 11.5 Å². The molecule has 4 heteroatoms. The minimum absolute atomic E-state index is 0.914. The van der Waals surface area contributed by atoms with E-state index in [1.807, 2.05) is 18.2 Å². The van der Waals surface area contributed by atoms with Crippen LogP contribution in [0.2, 0.25) is 0 Å². The highest BCUT2D eigenvalue weighted by atomic mass is 15.1. The van der Waals surface area contributed by atoms with Crippen molar-refractivity contribution in [2.45, 2.75) is 20.3 Å². The highest BCUT2D eigenvalue weighted by Gasteiger charge is 2.20. The predicted molar refractivity (Wildman–Crippen MR) is 218 cm³/mol. The predicted octanol–water partition coefficient (Wildman–Crippen LogP) is 10.7. The van der Waals surface area contributed by atoms with Crippen LogP contribution in [0.4, 0.5) is 0 Å². The molecule has 244 valence electrons. The standard InChI is InChI=1S/C47H36N4/c1-5-16-38-34(6-2)36-19-12-13-20-39(36)45-44(38)49-46(50(45)33-17-10-9-11-18-33)31-25-23-30(24-26-31)32-27-28-37-35(7-3)42(8-4)51-43-22-15-14-21-41(43)48-47(51)40(37)29-32/h6-29H,3-5H2,1-2H3/b34-6-,38-16+. The molecule has 3 heterocycles. The van der Waals surface area contributed by atoms with Crippen molar-refractivity contribution in [3.05, 3.63) is 156 Å². The lowest BCUT2D eigenvalue weighted by molar-refractivity contribution is 1.11. The molecule has 0 aliphatic carbocycles. The topological polar surface area (TPSA) is 35.1 Å². The monoisotopic (exact) mass is 656 g/mol. The average Bonchev–Trinajstić information content (AvgIpc) is 3.78. The molecule has 0 saturated carbocycles. The molecule has 0 fully saturated rings. The smallest absolute Gasteiger partial charge is 0.146 e. The molecule has 0 spiro atoms. The molecule has 3 aromatic heterocycles. The number of hydrogen-bond donors (Lipinski definition) is 0. The fourth-order valence-electron chi connectivity index (χ4n) is 7.88. The third-order valence-corrected chi connectivity index (χ3v) is 10.1. The van der Waals surface area contributed by atoms with Crippen LogP contribution >= 0.6 is 0 Å². The SMILES string of the molecule is C=Cc1c(C=C)n2c3ccccc3nc2c2cc(-c3ccc(-c4nc5c(=C/CC)/c(=C\C)c6ccccc6c5n4-c4ccccc4)cc3)ccc12. The van der Waals surface area contributed by atoms with Crippen molar-refractivity contribution >= 4 is 73.6 Å². The van der Waals surface area contributed by atoms with Gasteiger partial charge in [0.05, 0.1) is 27.8 Å². The normalized spacial score (nSPS) is 12.6. The van der Waals surface area contributed by atoms with Crippen molar-refractivity contribution in [1.29, 1.82) is 0 Å². The van der Waals surface area contributed by atoms with E-state index in [9.17, 15) is 0 Å². The number of aromatic nitrogens is 4. The van der Waals surface area contributed by atoms with Crippen LogP contribution in [0.25, 0.3) is 102 Å². The van der Waals surface area contributed by atoms with Crippen molar-refractivity contribution < 1.29 is 0 Å². The molecule has 4 nitrogen and oxygen atoms in total. The molecular formula is C47H36N4. The molecule has 0 amide bonds. The first kappa shape index (κ1) is 30.5. The zero-order valence-corrected chi connectivity index (χ0v) is 28.8. The van der Waals surface area contributed by atoms with E-state index in [1.165, 1.54) is 21.2 Å². The summed E-state index contributed by atoms with van der Waals surface area (Å²) < 4.78 is 4.54. The lowest BCUT2D eigenvalue weighted by Gasteiger charge is -2.14. The molecule has 6 aromatic carbocycles. The van der Waals surface area contributed by atoms with Crippen LogP contribution in [-0.4, -0.2) is 18.9 Å². The average molecular weight is 657 g/mol. The second-order valence-electron chi connectivity index (χ2n) is 12.9. The molecule has 9 aromatic rings. The van der Waals surface area contributed by atoms with Gasteiger partial charge in [-0.25, -0.2) is 9.97 Å². The Morgan fingerprint density at radius 2 is 1.35 bits per heavy atom. The van der Waals surface area contributed by atoms with Gasteiger partial charge >= 0.3 is 0 Å². The summed E-state index contributed by atoms with van der Waals surface area (Å²) in [4.78, 5) is 10.5. The molecule has 0 radical (unpaired) electrons. The Balaban J connectivity index is 1.27. The quantitative estimate of drug-likeness (QED) is 0.179. The summed E-state index contributed by atoms with van der Waals surface area (Å²) in [7, 11) is 0. The van der Waals surface area contributed by atoms with Crippen LogP contribution in [0.5, 0.6) is 0 Å². The van der Waals surface area contributed by atoms with Crippen molar-refractivity contribution in [2.75, 3.05) is 0 Å². The Bertz CT molecular complexity index is 2980. The first-order valence-electron chi connectivity index (χ1n) is 17.5. The van der Waals surface area contributed by atoms with Gasteiger partial charge in [0.25, 0.3) is 0 Å². The Kier molecular flexibility index (Phi) is 7.25. The van der Waals surface area contributed by atoms with Crippen LogP contribution in [0.3, 0.4) is 0 Å². The van der Waals surface area contributed by atoms with Gasteiger partial charge < -0.3 is 0 Å². The number of para-hydroxylation sites is 3. The van der Waals surface area contributed by atoms with Crippen LogP contribution in [-0.2, 0) is 0 Å². The van der Waals surface area contributed by atoms with Crippen LogP contribution in [0.1, 0.15) is 31.5 Å². The first-order valence-corrected chi connectivity index (χ1v) is 17.5. The van der Waals surface area contributed by atoms with Crippen molar-refractivity contribution in [1.82, 2.24) is 18.9 Å². The number of rotatable bonds is 6.